The Morgan fingerprint density at radius 3 is 3.06 bits per heavy atom. The van der Waals surface area contributed by atoms with E-state index in [1.807, 2.05) is 24.4 Å². The van der Waals surface area contributed by atoms with Gasteiger partial charge in [0.05, 0.1) is 23.9 Å². The van der Waals surface area contributed by atoms with Gasteiger partial charge in [0.2, 0.25) is 0 Å². The molecule has 2 heterocycles. The number of aromatic nitrogens is 1. The van der Waals surface area contributed by atoms with Crippen LogP contribution in [0.25, 0.3) is 0 Å². The van der Waals surface area contributed by atoms with Crippen molar-refractivity contribution in [3.05, 3.63) is 52.8 Å². The van der Waals surface area contributed by atoms with Crippen LogP contribution in [0.3, 0.4) is 0 Å². The van der Waals surface area contributed by atoms with Crippen LogP contribution < -0.4 is 10.1 Å². The standard InChI is InChI=1S/C14H13ClN2O/c1-18-13-4-2-3-11-12(17-14(11)13)6-9-5-10(15)8-16-7-9/h2-5,7-8,12,17H,6H2,1H3. The first-order valence-corrected chi connectivity index (χ1v) is 6.18. The van der Waals surface area contributed by atoms with E-state index in [2.05, 4.69) is 16.4 Å². The van der Waals surface area contributed by atoms with Gasteiger partial charge in [-0.25, -0.2) is 0 Å². The van der Waals surface area contributed by atoms with Crippen LogP contribution in [0.1, 0.15) is 17.2 Å². The largest absolute Gasteiger partial charge is 0.495 e. The van der Waals surface area contributed by atoms with Crippen LogP contribution in [-0.4, -0.2) is 12.1 Å². The van der Waals surface area contributed by atoms with Gasteiger partial charge >= 0.3 is 0 Å². The van der Waals surface area contributed by atoms with Gasteiger partial charge in [0.25, 0.3) is 0 Å². The van der Waals surface area contributed by atoms with E-state index in [9.17, 15) is 0 Å². The minimum atomic E-state index is 0.315. The Balaban J connectivity index is 1.81. The van der Waals surface area contributed by atoms with Crippen molar-refractivity contribution < 1.29 is 4.74 Å². The lowest BCUT2D eigenvalue weighted by Crippen LogP contribution is -2.25. The number of para-hydroxylation sites is 1. The van der Waals surface area contributed by atoms with Crippen LogP contribution in [0.2, 0.25) is 5.02 Å². The van der Waals surface area contributed by atoms with E-state index in [1.54, 1.807) is 13.3 Å². The molecule has 1 atom stereocenters. The summed E-state index contributed by atoms with van der Waals surface area (Å²) in [5.74, 6) is 0.896. The molecule has 0 saturated carbocycles. The molecule has 3 rings (SSSR count). The maximum atomic E-state index is 5.93. The molecule has 0 amide bonds. The van der Waals surface area contributed by atoms with Crippen LogP contribution in [-0.2, 0) is 6.42 Å². The van der Waals surface area contributed by atoms with Gasteiger partial charge in [0, 0.05) is 18.0 Å². The van der Waals surface area contributed by atoms with Gasteiger partial charge in [-0.3, -0.25) is 4.98 Å². The minimum Gasteiger partial charge on any atom is -0.495 e. The predicted octanol–water partition coefficient (Wildman–Crippen LogP) is 3.45. The summed E-state index contributed by atoms with van der Waals surface area (Å²) < 4.78 is 5.30. The van der Waals surface area contributed by atoms with Gasteiger partial charge in [0.15, 0.2) is 0 Å². The average Bonchev–Trinajstić information content (AvgIpc) is 2.36. The first-order valence-electron chi connectivity index (χ1n) is 5.81. The lowest BCUT2D eigenvalue weighted by atomic mass is 9.91. The van der Waals surface area contributed by atoms with E-state index in [0.29, 0.717) is 11.1 Å². The van der Waals surface area contributed by atoms with Gasteiger partial charge in [-0.15, -0.1) is 0 Å². The van der Waals surface area contributed by atoms with Gasteiger partial charge in [-0.05, 0) is 24.1 Å². The number of nitrogens with zero attached hydrogens (tertiary/aromatic N) is 1. The van der Waals surface area contributed by atoms with Gasteiger partial charge in [-0.2, -0.15) is 0 Å². The van der Waals surface area contributed by atoms with E-state index in [4.69, 9.17) is 16.3 Å². The van der Waals surface area contributed by atoms with E-state index in [-0.39, 0.29) is 0 Å². The molecule has 4 heteroatoms. The number of hydrogen-bond acceptors (Lipinski definition) is 3. The monoisotopic (exact) mass is 260 g/mol. The van der Waals surface area contributed by atoms with Crippen molar-refractivity contribution in [2.75, 3.05) is 12.4 Å². The number of hydrogen-bond donors (Lipinski definition) is 1. The van der Waals surface area contributed by atoms with E-state index >= 15 is 0 Å². The molecule has 1 aliphatic rings. The fraction of sp³-hybridized carbons (Fsp3) is 0.214. The van der Waals surface area contributed by atoms with E-state index < -0.39 is 0 Å². The molecule has 0 saturated heterocycles. The number of benzene rings is 1. The first kappa shape index (κ1) is 11.4. The fourth-order valence-electron chi connectivity index (χ4n) is 2.30. The Labute approximate surface area is 111 Å². The molecule has 3 nitrogen and oxygen atoms in total. The molecule has 1 aromatic heterocycles. The quantitative estimate of drug-likeness (QED) is 0.918. The number of methoxy groups -OCH3 is 1. The lowest BCUT2D eigenvalue weighted by Gasteiger charge is -2.34. The second-order valence-corrected chi connectivity index (χ2v) is 4.77. The molecule has 0 radical (unpaired) electrons. The van der Waals surface area contributed by atoms with E-state index in [1.165, 1.54) is 5.56 Å². The number of halogens is 1. The second-order valence-electron chi connectivity index (χ2n) is 4.34. The van der Waals surface area contributed by atoms with Crippen molar-refractivity contribution in [2.45, 2.75) is 12.5 Å². The summed E-state index contributed by atoms with van der Waals surface area (Å²) in [7, 11) is 1.69. The molecule has 0 fully saturated rings. The number of rotatable bonds is 3. The molecule has 0 aliphatic carbocycles. The third kappa shape index (κ3) is 1.91. The average molecular weight is 261 g/mol. The van der Waals surface area contributed by atoms with Crippen LogP contribution in [0.5, 0.6) is 5.75 Å². The molecule has 92 valence electrons. The van der Waals surface area contributed by atoms with Crippen molar-refractivity contribution >= 4 is 17.3 Å². The molecule has 1 aromatic carbocycles. The zero-order chi connectivity index (χ0) is 12.5. The maximum absolute atomic E-state index is 5.93. The highest BCUT2D eigenvalue weighted by Crippen LogP contribution is 2.44. The molecular formula is C14H13ClN2O. The molecule has 1 aliphatic heterocycles. The normalized spacial score (nSPS) is 16.4. The Morgan fingerprint density at radius 2 is 2.28 bits per heavy atom. The Hall–Kier alpha value is -1.74. The summed E-state index contributed by atoms with van der Waals surface area (Å²) in [5, 5.41) is 4.09. The van der Waals surface area contributed by atoms with Gasteiger partial charge < -0.3 is 10.1 Å². The Kier molecular flexibility index (Phi) is 2.84. The van der Waals surface area contributed by atoms with Crippen LogP contribution >= 0.6 is 11.6 Å². The van der Waals surface area contributed by atoms with Crippen LogP contribution in [0.15, 0.2) is 36.7 Å². The third-order valence-electron chi connectivity index (χ3n) is 3.17. The minimum absolute atomic E-state index is 0.315. The summed E-state index contributed by atoms with van der Waals surface area (Å²) in [6.07, 6.45) is 4.38. The lowest BCUT2D eigenvalue weighted by molar-refractivity contribution is 0.413. The molecule has 1 unspecified atom stereocenters. The molecule has 18 heavy (non-hydrogen) atoms. The molecular weight excluding hydrogens is 248 g/mol. The first-order chi connectivity index (χ1) is 8.78. The van der Waals surface area contributed by atoms with Crippen LogP contribution in [0.4, 0.5) is 5.69 Å². The highest BCUT2D eigenvalue weighted by molar-refractivity contribution is 6.30. The van der Waals surface area contributed by atoms with E-state index in [0.717, 1.165) is 23.4 Å². The Morgan fingerprint density at radius 1 is 1.39 bits per heavy atom. The molecule has 1 N–H and O–H groups in total. The molecule has 0 bridgehead atoms. The molecule has 0 spiro atoms. The number of ether oxygens (including phenoxy) is 1. The Bertz CT molecular complexity index is 586. The van der Waals surface area contributed by atoms with Crippen molar-refractivity contribution in [3.8, 4) is 5.75 Å². The fourth-order valence-corrected chi connectivity index (χ4v) is 2.50. The topological polar surface area (TPSA) is 34.1 Å². The summed E-state index contributed by atoms with van der Waals surface area (Å²) in [6, 6.07) is 8.37. The maximum Gasteiger partial charge on any atom is 0.142 e. The highest BCUT2D eigenvalue weighted by Gasteiger charge is 2.28. The smallest absolute Gasteiger partial charge is 0.142 e. The van der Waals surface area contributed by atoms with Crippen molar-refractivity contribution in [3.63, 3.8) is 0 Å². The summed E-state index contributed by atoms with van der Waals surface area (Å²) in [4.78, 5) is 4.10. The number of anilines is 1. The summed E-state index contributed by atoms with van der Waals surface area (Å²) >= 11 is 5.93. The van der Waals surface area contributed by atoms with Crippen molar-refractivity contribution in [1.82, 2.24) is 4.98 Å². The number of nitrogens with one attached hydrogen (secondary N) is 1. The van der Waals surface area contributed by atoms with Crippen molar-refractivity contribution in [1.29, 1.82) is 0 Å². The van der Waals surface area contributed by atoms with Crippen LogP contribution in [0, 0.1) is 0 Å². The van der Waals surface area contributed by atoms with Gasteiger partial charge in [0.1, 0.15) is 5.75 Å². The SMILES string of the molecule is COc1cccc2c1NC2Cc1cncc(Cl)c1. The zero-order valence-electron chi connectivity index (χ0n) is 9.98. The number of fused-ring (bicyclic) bond motifs is 1. The summed E-state index contributed by atoms with van der Waals surface area (Å²) in [6.45, 7) is 0. The number of pyridine rings is 1. The molecule has 2 aromatic rings. The zero-order valence-corrected chi connectivity index (χ0v) is 10.7. The summed E-state index contributed by atoms with van der Waals surface area (Å²) in [5.41, 5.74) is 3.52. The predicted molar refractivity (Wildman–Crippen MR) is 72.3 cm³/mol. The highest BCUT2D eigenvalue weighted by atomic mass is 35.5. The second kappa shape index (κ2) is 4.50. The third-order valence-corrected chi connectivity index (χ3v) is 3.38. The van der Waals surface area contributed by atoms with Crippen molar-refractivity contribution in [2.24, 2.45) is 0 Å². The van der Waals surface area contributed by atoms with Gasteiger partial charge in [-0.1, -0.05) is 23.7 Å².